The van der Waals surface area contributed by atoms with Crippen LogP contribution < -0.4 is 0 Å². The summed E-state index contributed by atoms with van der Waals surface area (Å²) in [6, 6.07) is -0.0747. The van der Waals surface area contributed by atoms with Gasteiger partial charge in [-0.2, -0.15) is 0 Å². The fourth-order valence-electron chi connectivity index (χ4n) is 2.42. The second-order valence-corrected chi connectivity index (χ2v) is 7.41. The average Bonchev–Trinajstić information content (AvgIpc) is 2.95. The topological polar surface area (TPSA) is 59.5 Å². The largest absolute Gasteiger partial charge is 0.444 e. The van der Waals surface area contributed by atoms with Crippen LogP contribution in [0.2, 0.25) is 0 Å². The molecule has 1 fully saturated rings. The number of likely N-dealkylation sites (tertiary alicyclic amines) is 1. The number of thiazole rings is 1. The van der Waals surface area contributed by atoms with E-state index in [0.717, 1.165) is 17.8 Å². The van der Waals surface area contributed by atoms with Crippen molar-refractivity contribution < 1.29 is 14.3 Å². The van der Waals surface area contributed by atoms with Crippen LogP contribution in [0, 0.1) is 6.92 Å². The Kier molecular flexibility index (Phi) is 4.66. The van der Waals surface area contributed by atoms with Crippen LogP contribution in [0.25, 0.3) is 0 Å². The molecule has 2 rings (SSSR count). The number of amides is 1. The Hall–Kier alpha value is -1.43. The van der Waals surface area contributed by atoms with Gasteiger partial charge in [0.25, 0.3) is 0 Å². The Morgan fingerprint density at radius 2 is 2.19 bits per heavy atom. The Bertz CT molecular complexity index is 533. The lowest BCUT2D eigenvalue weighted by molar-refractivity contribution is 0.0223. The number of Topliss-reactive ketones (excluding diaryl/α,β-unsaturated/α-hetero) is 1. The molecule has 1 aliphatic heterocycles. The molecule has 1 saturated heterocycles. The molecule has 0 radical (unpaired) electrons. The third kappa shape index (κ3) is 4.27. The number of rotatable bonds is 3. The number of carbonyl (C=O) groups excluding carboxylic acids is 2. The van der Waals surface area contributed by atoms with Crippen molar-refractivity contribution in [2.45, 2.75) is 58.6 Å². The van der Waals surface area contributed by atoms with Gasteiger partial charge in [-0.25, -0.2) is 9.78 Å². The van der Waals surface area contributed by atoms with E-state index in [-0.39, 0.29) is 17.9 Å². The summed E-state index contributed by atoms with van der Waals surface area (Å²) in [5.74, 6) is -0.000177. The number of aromatic nitrogens is 1. The smallest absolute Gasteiger partial charge is 0.410 e. The van der Waals surface area contributed by atoms with E-state index in [0.29, 0.717) is 18.7 Å². The zero-order chi connectivity index (χ0) is 15.6. The standard InChI is InChI=1S/C15H22N2O3S/c1-10-16-12(9-21-10)13(18)8-11-6-5-7-17(11)14(19)20-15(2,3)4/h9,11H,5-8H2,1-4H3. The van der Waals surface area contributed by atoms with E-state index in [1.807, 2.05) is 27.7 Å². The van der Waals surface area contributed by atoms with Crippen molar-refractivity contribution in [3.05, 3.63) is 16.1 Å². The van der Waals surface area contributed by atoms with Gasteiger partial charge >= 0.3 is 6.09 Å². The maximum Gasteiger partial charge on any atom is 0.410 e. The third-order valence-electron chi connectivity index (χ3n) is 3.33. The van der Waals surface area contributed by atoms with Crippen molar-refractivity contribution in [2.75, 3.05) is 6.54 Å². The van der Waals surface area contributed by atoms with Gasteiger partial charge in [0.1, 0.15) is 11.3 Å². The van der Waals surface area contributed by atoms with Gasteiger partial charge in [-0.05, 0) is 40.5 Å². The molecule has 5 nitrogen and oxygen atoms in total. The van der Waals surface area contributed by atoms with Gasteiger partial charge in [0.2, 0.25) is 0 Å². The number of hydrogen-bond acceptors (Lipinski definition) is 5. The molecule has 1 amide bonds. The number of hydrogen-bond donors (Lipinski definition) is 0. The predicted octanol–water partition coefficient (Wildman–Crippen LogP) is 3.42. The van der Waals surface area contributed by atoms with Gasteiger partial charge < -0.3 is 9.64 Å². The van der Waals surface area contributed by atoms with Crippen LogP contribution in [0.4, 0.5) is 4.79 Å². The summed E-state index contributed by atoms with van der Waals surface area (Å²) in [5.41, 5.74) is -0.00573. The van der Waals surface area contributed by atoms with Crippen molar-refractivity contribution in [1.29, 1.82) is 0 Å². The molecule has 0 N–H and O–H groups in total. The number of nitrogens with zero attached hydrogens (tertiary/aromatic N) is 2. The van der Waals surface area contributed by atoms with Gasteiger partial charge in [0, 0.05) is 24.4 Å². The first kappa shape index (κ1) is 15.9. The summed E-state index contributed by atoms with van der Waals surface area (Å²) in [6.45, 7) is 8.07. The molecule has 0 bridgehead atoms. The van der Waals surface area contributed by atoms with Crippen LogP contribution in [-0.2, 0) is 4.74 Å². The van der Waals surface area contributed by atoms with Crippen molar-refractivity contribution in [2.24, 2.45) is 0 Å². The van der Waals surface area contributed by atoms with E-state index in [1.165, 1.54) is 11.3 Å². The van der Waals surface area contributed by atoms with Gasteiger partial charge in [-0.3, -0.25) is 4.79 Å². The van der Waals surface area contributed by atoms with Crippen LogP contribution in [0.15, 0.2) is 5.38 Å². The third-order valence-corrected chi connectivity index (χ3v) is 4.10. The minimum Gasteiger partial charge on any atom is -0.444 e. The molecular formula is C15H22N2O3S. The second-order valence-electron chi connectivity index (χ2n) is 6.35. The van der Waals surface area contributed by atoms with Crippen LogP contribution in [0.1, 0.15) is 55.5 Å². The molecule has 1 atom stereocenters. The van der Waals surface area contributed by atoms with Gasteiger partial charge in [0.05, 0.1) is 5.01 Å². The molecular weight excluding hydrogens is 288 g/mol. The molecule has 1 unspecified atom stereocenters. The maximum atomic E-state index is 12.2. The number of ether oxygens (including phenoxy) is 1. The first-order valence-electron chi connectivity index (χ1n) is 7.21. The number of carbonyl (C=O) groups is 2. The molecule has 1 aromatic rings. The molecule has 0 aromatic carbocycles. The Balaban J connectivity index is 1.99. The van der Waals surface area contributed by atoms with Crippen molar-refractivity contribution in [1.82, 2.24) is 9.88 Å². The first-order chi connectivity index (χ1) is 9.76. The lowest BCUT2D eigenvalue weighted by Gasteiger charge is -2.28. The molecule has 1 aromatic heterocycles. The molecule has 0 spiro atoms. The Labute approximate surface area is 129 Å². The van der Waals surface area contributed by atoms with E-state index in [1.54, 1.807) is 10.3 Å². The van der Waals surface area contributed by atoms with Crippen molar-refractivity contribution in [3.63, 3.8) is 0 Å². The second kappa shape index (κ2) is 6.13. The fraction of sp³-hybridized carbons (Fsp3) is 0.667. The van der Waals surface area contributed by atoms with Gasteiger partial charge in [-0.1, -0.05) is 0 Å². The Morgan fingerprint density at radius 3 is 2.76 bits per heavy atom. The number of ketones is 1. The van der Waals surface area contributed by atoms with Crippen LogP contribution in [-0.4, -0.2) is 39.9 Å². The molecule has 2 heterocycles. The van der Waals surface area contributed by atoms with E-state index >= 15 is 0 Å². The molecule has 0 aliphatic carbocycles. The summed E-state index contributed by atoms with van der Waals surface area (Å²) in [7, 11) is 0. The number of aryl methyl sites for hydroxylation is 1. The highest BCUT2D eigenvalue weighted by Gasteiger charge is 2.33. The molecule has 6 heteroatoms. The molecule has 1 aliphatic rings. The van der Waals surface area contributed by atoms with E-state index in [2.05, 4.69) is 4.98 Å². The van der Waals surface area contributed by atoms with Gasteiger partial charge in [0.15, 0.2) is 5.78 Å². The van der Waals surface area contributed by atoms with Gasteiger partial charge in [-0.15, -0.1) is 11.3 Å². The lowest BCUT2D eigenvalue weighted by atomic mass is 10.1. The maximum absolute atomic E-state index is 12.2. The zero-order valence-electron chi connectivity index (χ0n) is 13.0. The normalized spacial score (nSPS) is 18.9. The average molecular weight is 310 g/mol. The highest BCUT2D eigenvalue weighted by molar-refractivity contribution is 7.09. The molecule has 21 heavy (non-hydrogen) atoms. The highest BCUT2D eigenvalue weighted by atomic mass is 32.1. The van der Waals surface area contributed by atoms with E-state index < -0.39 is 5.60 Å². The summed E-state index contributed by atoms with van der Waals surface area (Å²) >= 11 is 1.47. The SMILES string of the molecule is Cc1nc(C(=O)CC2CCCN2C(=O)OC(C)(C)C)cs1. The van der Waals surface area contributed by atoms with Crippen molar-refractivity contribution in [3.8, 4) is 0 Å². The van der Waals surface area contributed by atoms with E-state index in [4.69, 9.17) is 4.74 Å². The minimum atomic E-state index is -0.514. The fourth-order valence-corrected chi connectivity index (χ4v) is 3.04. The lowest BCUT2D eigenvalue weighted by Crippen LogP contribution is -2.40. The van der Waals surface area contributed by atoms with Crippen LogP contribution >= 0.6 is 11.3 Å². The molecule has 116 valence electrons. The summed E-state index contributed by atoms with van der Waals surface area (Å²) in [4.78, 5) is 30.3. The summed E-state index contributed by atoms with van der Waals surface area (Å²) in [5, 5.41) is 2.67. The Morgan fingerprint density at radius 1 is 1.48 bits per heavy atom. The van der Waals surface area contributed by atoms with E-state index in [9.17, 15) is 9.59 Å². The minimum absolute atomic E-state index is 0.000177. The monoisotopic (exact) mass is 310 g/mol. The highest BCUT2D eigenvalue weighted by Crippen LogP contribution is 2.24. The zero-order valence-corrected chi connectivity index (χ0v) is 13.8. The summed E-state index contributed by atoms with van der Waals surface area (Å²) in [6.07, 6.45) is 1.75. The molecule has 0 saturated carbocycles. The van der Waals surface area contributed by atoms with Crippen LogP contribution in [0.3, 0.4) is 0 Å². The summed E-state index contributed by atoms with van der Waals surface area (Å²) < 4.78 is 5.41. The van der Waals surface area contributed by atoms with Crippen LogP contribution in [0.5, 0.6) is 0 Å². The van der Waals surface area contributed by atoms with Crippen molar-refractivity contribution >= 4 is 23.2 Å². The predicted molar refractivity (Wildman–Crippen MR) is 81.8 cm³/mol. The first-order valence-corrected chi connectivity index (χ1v) is 8.09. The quantitative estimate of drug-likeness (QED) is 0.803.